The van der Waals surface area contributed by atoms with Gasteiger partial charge in [-0.25, -0.2) is 0 Å². The van der Waals surface area contributed by atoms with Crippen LogP contribution in [0.25, 0.3) is 0 Å². The first-order valence-corrected chi connectivity index (χ1v) is 7.08. The van der Waals surface area contributed by atoms with Crippen molar-refractivity contribution in [1.82, 2.24) is 15.3 Å². The van der Waals surface area contributed by atoms with Gasteiger partial charge in [-0.15, -0.1) is 0 Å². The molecule has 1 N–H and O–H groups in total. The molecule has 2 rings (SSSR count). The molecule has 1 aliphatic rings. The lowest BCUT2D eigenvalue weighted by molar-refractivity contribution is -0.184. The number of rotatable bonds is 4. The molecule has 1 heterocycles. The molecule has 1 atom stereocenters. The van der Waals surface area contributed by atoms with Crippen molar-refractivity contribution in [2.24, 2.45) is 11.8 Å². The summed E-state index contributed by atoms with van der Waals surface area (Å²) in [6, 6.07) is 0.00267. The second-order valence-corrected chi connectivity index (χ2v) is 5.32. The van der Waals surface area contributed by atoms with E-state index in [0.29, 0.717) is 12.8 Å². The van der Waals surface area contributed by atoms with Crippen LogP contribution in [0.2, 0.25) is 0 Å². The van der Waals surface area contributed by atoms with Gasteiger partial charge in [-0.2, -0.15) is 13.2 Å². The largest absolute Gasteiger partial charge is 0.391 e. The van der Waals surface area contributed by atoms with Crippen LogP contribution in [0.4, 0.5) is 13.2 Å². The first kappa shape index (κ1) is 15.2. The number of nitrogens with zero attached hydrogens (tertiary/aromatic N) is 2. The molecule has 0 aromatic carbocycles. The minimum atomic E-state index is -4.05. The van der Waals surface area contributed by atoms with Gasteiger partial charge in [-0.1, -0.05) is 6.92 Å². The van der Waals surface area contributed by atoms with Gasteiger partial charge in [-0.3, -0.25) is 9.97 Å². The van der Waals surface area contributed by atoms with Gasteiger partial charge >= 0.3 is 6.18 Å². The molecule has 3 nitrogen and oxygen atoms in total. The highest BCUT2D eigenvalue weighted by atomic mass is 19.4. The fraction of sp³-hybridized carbons (Fsp3) is 0.714. The summed E-state index contributed by atoms with van der Waals surface area (Å²) in [5, 5.41) is 3.34. The van der Waals surface area contributed by atoms with Crippen LogP contribution in [-0.4, -0.2) is 22.7 Å². The lowest BCUT2D eigenvalue weighted by Gasteiger charge is -2.34. The number of aromatic nitrogens is 2. The van der Waals surface area contributed by atoms with Crippen LogP contribution in [0.3, 0.4) is 0 Å². The second-order valence-electron chi connectivity index (χ2n) is 5.32. The quantitative estimate of drug-likeness (QED) is 0.921. The van der Waals surface area contributed by atoms with Crippen molar-refractivity contribution in [2.75, 3.05) is 6.54 Å². The van der Waals surface area contributed by atoms with E-state index >= 15 is 0 Å². The summed E-state index contributed by atoms with van der Waals surface area (Å²) in [5.74, 6) is -0.937. The molecule has 0 amide bonds. The maximum atomic E-state index is 12.7. The number of alkyl halides is 3. The first-order valence-electron chi connectivity index (χ1n) is 7.08. The highest BCUT2D eigenvalue weighted by Gasteiger charge is 2.42. The summed E-state index contributed by atoms with van der Waals surface area (Å²) in [6.07, 6.45) is 2.48. The zero-order chi connectivity index (χ0) is 14.6. The molecule has 0 aliphatic heterocycles. The summed E-state index contributed by atoms with van der Waals surface area (Å²) in [4.78, 5) is 8.35. The number of hydrogen-bond donors (Lipinski definition) is 1. The minimum Gasteiger partial charge on any atom is -0.309 e. The number of hydrogen-bond acceptors (Lipinski definition) is 3. The minimum absolute atomic E-state index is 0.00267. The van der Waals surface area contributed by atoms with Crippen molar-refractivity contribution in [2.45, 2.75) is 44.8 Å². The van der Waals surface area contributed by atoms with Crippen molar-refractivity contribution < 1.29 is 13.2 Å². The molecular weight excluding hydrogens is 267 g/mol. The van der Waals surface area contributed by atoms with E-state index in [1.165, 1.54) is 0 Å². The lowest BCUT2D eigenvalue weighted by atomic mass is 9.77. The molecule has 1 saturated carbocycles. The van der Waals surface area contributed by atoms with E-state index in [1.807, 2.05) is 6.92 Å². The molecule has 1 aliphatic carbocycles. The zero-order valence-corrected chi connectivity index (χ0v) is 11.5. The van der Waals surface area contributed by atoms with Gasteiger partial charge < -0.3 is 5.32 Å². The van der Waals surface area contributed by atoms with E-state index in [-0.39, 0.29) is 24.8 Å². The lowest BCUT2D eigenvalue weighted by Crippen LogP contribution is -2.34. The molecule has 0 saturated heterocycles. The van der Waals surface area contributed by atoms with Crippen LogP contribution in [0.1, 0.15) is 44.3 Å². The first-order chi connectivity index (χ1) is 9.52. The van der Waals surface area contributed by atoms with Crippen molar-refractivity contribution in [3.63, 3.8) is 0 Å². The van der Waals surface area contributed by atoms with Gasteiger partial charge in [0.25, 0.3) is 0 Å². The Kier molecular flexibility index (Phi) is 4.96. The molecule has 0 radical (unpaired) electrons. The Morgan fingerprint density at radius 3 is 2.45 bits per heavy atom. The van der Waals surface area contributed by atoms with E-state index in [0.717, 1.165) is 12.2 Å². The molecule has 20 heavy (non-hydrogen) atoms. The standard InChI is InChI=1S/C14H20F3N3/c1-2-19-13(12-9-18-7-8-20-12)10-3-5-11(6-4-10)14(15,16)17/h7-11,13,19H,2-6H2,1H3. The Morgan fingerprint density at radius 1 is 1.25 bits per heavy atom. The van der Waals surface area contributed by atoms with Gasteiger partial charge in [-0.05, 0) is 38.1 Å². The van der Waals surface area contributed by atoms with Crippen molar-refractivity contribution in [1.29, 1.82) is 0 Å². The molecule has 1 fully saturated rings. The molecule has 1 unspecified atom stereocenters. The second kappa shape index (κ2) is 6.52. The Balaban J connectivity index is 2.02. The topological polar surface area (TPSA) is 37.8 Å². The van der Waals surface area contributed by atoms with Crippen molar-refractivity contribution >= 4 is 0 Å². The van der Waals surface area contributed by atoms with Gasteiger partial charge in [0.15, 0.2) is 0 Å². The predicted octanol–water partition coefficient (Wildman–Crippen LogP) is 3.50. The van der Waals surface area contributed by atoms with Crippen LogP contribution in [-0.2, 0) is 0 Å². The third-order valence-corrected chi connectivity index (χ3v) is 4.03. The molecule has 0 bridgehead atoms. The van der Waals surface area contributed by atoms with E-state index in [2.05, 4.69) is 15.3 Å². The van der Waals surface area contributed by atoms with E-state index in [1.54, 1.807) is 18.6 Å². The predicted molar refractivity (Wildman–Crippen MR) is 70.0 cm³/mol. The summed E-state index contributed by atoms with van der Waals surface area (Å²) in [7, 11) is 0. The highest BCUT2D eigenvalue weighted by Crippen LogP contribution is 2.42. The van der Waals surface area contributed by atoms with Crippen LogP contribution in [0.5, 0.6) is 0 Å². The zero-order valence-electron chi connectivity index (χ0n) is 11.5. The van der Waals surface area contributed by atoms with Gasteiger partial charge in [0, 0.05) is 18.6 Å². The maximum Gasteiger partial charge on any atom is 0.391 e. The molecule has 1 aromatic heterocycles. The van der Waals surface area contributed by atoms with Gasteiger partial charge in [0.05, 0.1) is 17.7 Å². The smallest absolute Gasteiger partial charge is 0.309 e. The third-order valence-electron chi connectivity index (χ3n) is 4.03. The monoisotopic (exact) mass is 287 g/mol. The fourth-order valence-electron chi connectivity index (χ4n) is 2.98. The highest BCUT2D eigenvalue weighted by molar-refractivity contribution is 5.05. The van der Waals surface area contributed by atoms with Gasteiger partial charge in [0.2, 0.25) is 0 Å². The van der Waals surface area contributed by atoms with E-state index in [9.17, 15) is 13.2 Å². The Bertz CT molecular complexity index is 400. The molecule has 1 aromatic rings. The van der Waals surface area contributed by atoms with Crippen LogP contribution in [0, 0.1) is 11.8 Å². The molecule has 0 spiro atoms. The molecule has 112 valence electrons. The van der Waals surface area contributed by atoms with Crippen LogP contribution >= 0.6 is 0 Å². The summed E-state index contributed by atoms with van der Waals surface area (Å²) in [5.41, 5.74) is 0.824. The summed E-state index contributed by atoms with van der Waals surface area (Å²) >= 11 is 0. The molecular formula is C14H20F3N3. The van der Waals surface area contributed by atoms with Crippen LogP contribution in [0.15, 0.2) is 18.6 Å². The third kappa shape index (κ3) is 3.69. The van der Waals surface area contributed by atoms with E-state index in [4.69, 9.17) is 0 Å². The number of nitrogens with one attached hydrogen (secondary N) is 1. The SMILES string of the molecule is CCNC(c1cnccn1)C1CCC(C(F)(F)F)CC1. The average Bonchev–Trinajstić information content (AvgIpc) is 2.45. The normalized spacial score (nSPS) is 25.4. The fourth-order valence-corrected chi connectivity index (χ4v) is 2.98. The number of halogens is 3. The van der Waals surface area contributed by atoms with Crippen molar-refractivity contribution in [3.8, 4) is 0 Å². The summed E-state index contributed by atoms with van der Waals surface area (Å²) < 4.78 is 38.1. The Labute approximate surface area is 117 Å². The van der Waals surface area contributed by atoms with E-state index < -0.39 is 12.1 Å². The molecule has 6 heteroatoms. The van der Waals surface area contributed by atoms with Gasteiger partial charge in [0.1, 0.15) is 0 Å². The average molecular weight is 287 g/mol. The Morgan fingerprint density at radius 2 is 1.95 bits per heavy atom. The van der Waals surface area contributed by atoms with Crippen molar-refractivity contribution in [3.05, 3.63) is 24.3 Å². The summed E-state index contributed by atoms with van der Waals surface area (Å²) in [6.45, 7) is 2.76. The Hall–Kier alpha value is -1.17. The van der Waals surface area contributed by atoms with Crippen LogP contribution < -0.4 is 5.32 Å². The maximum absolute atomic E-state index is 12.7.